The first-order chi connectivity index (χ1) is 13.1. The Balaban J connectivity index is 2.02. The van der Waals surface area contributed by atoms with Crippen LogP contribution in [0.3, 0.4) is 0 Å². The lowest BCUT2D eigenvalue weighted by Gasteiger charge is -2.21. The summed E-state index contributed by atoms with van der Waals surface area (Å²) in [7, 11) is 0. The standard InChI is InChI=1S/C21H16N4OS/c1-2-18-16(12-23)10-17(20(27-18)21(24)26)13-5-7-14(8-6-13)19-15(11-22)4-3-9-25-19/h3-9H,2,10H2,1H3,(H2,24,26). The Morgan fingerprint density at radius 2 is 1.89 bits per heavy atom. The number of allylic oxidation sites excluding steroid dienone is 3. The van der Waals surface area contributed by atoms with Crippen molar-refractivity contribution < 1.29 is 4.79 Å². The third-order valence-corrected chi connectivity index (χ3v) is 5.74. The van der Waals surface area contributed by atoms with Gasteiger partial charge in [-0.05, 0) is 29.7 Å². The number of thioether (sulfide) groups is 1. The summed E-state index contributed by atoms with van der Waals surface area (Å²) in [4.78, 5) is 17.6. The Kier molecular flexibility index (Phi) is 5.40. The van der Waals surface area contributed by atoms with Crippen LogP contribution in [0.5, 0.6) is 0 Å². The number of nitrogens with two attached hydrogens (primary N) is 1. The van der Waals surface area contributed by atoms with Gasteiger partial charge in [0.05, 0.1) is 22.2 Å². The SMILES string of the molecule is CCC1=C(C#N)CC(c2ccc(-c3ncccc3C#N)cc2)=C(C(N)=O)S1. The van der Waals surface area contributed by atoms with Gasteiger partial charge in [-0.3, -0.25) is 9.78 Å². The van der Waals surface area contributed by atoms with Gasteiger partial charge in [-0.2, -0.15) is 10.5 Å². The van der Waals surface area contributed by atoms with Gasteiger partial charge < -0.3 is 5.73 Å². The van der Waals surface area contributed by atoms with Gasteiger partial charge in [-0.1, -0.05) is 43.0 Å². The largest absolute Gasteiger partial charge is 0.365 e. The van der Waals surface area contributed by atoms with Crippen molar-refractivity contribution >= 4 is 23.2 Å². The van der Waals surface area contributed by atoms with Crippen LogP contribution in [-0.4, -0.2) is 10.9 Å². The molecule has 2 heterocycles. The predicted molar refractivity (Wildman–Crippen MR) is 106 cm³/mol. The molecule has 1 amide bonds. The van der Waals surface area contributed by atoms with Gasteiger partial charge in [0, 0.05) is 28.7 Å². The van der Waals surface area contributed by atoms with Crippen LogP contribution in [0.1, 0.15) is 30.9 Å². The molecule has 0 fully saturated rings. The van der Waals surface area contributed by atoms with Gasteiger partial charge in [-0.15, -0.1) is 0 Å². The van der Waals surface area contributed by atoms with Gasteiger partial charge in [-0.25, -0.2) is 0 Å². The maximum absolute atomic E-state index is 12.0. The molecule has 0 saturated heterocycles. The summed E-state index contributed by atoms with van der Waals surface area (Å²) in [6, 6.07) is 15.3. The first-order valence-electron chi connectivity index (χ1n) is 8.37. The normalized spacial score (nSPS) is 13.9. The van der Waals surface area contributed by atoms with E-state index in [1.54, 1.807) is 18.3 Å². The molecule has 6 heteroatoms. The predicted octanol–water partition coefficient (Wildman–Crippen LogP) is 4.14. The number of amides is 1. The number of hydrogen-bond donors (Lipinski definition) is 1. The van der Waals surface area contributed by atoms with Crippen molar-refractivity contribution in [3.05, 3.63) is 69.1 Å². The summed E-state index contributed by atoms with van der Waals surface area (Å²) in [5, 5.41) is 18.7. The zero-order valence-electron chi connectivity index (χ0n) is 14.7. The molecule has 1 aliphatic rings. The second-order valence-electron chi connectivity index (χ2n) is 5.91. The van der Waals surface area contributed by atoms with Crippen molar-refractivity contribution in [2.75, 3.05) is 0 Å². The number of hydrogen-bond acceptors (Lipinski definition) is 5. The van der Waals surface area contributed by atoms with Crippen molar-refractivity contribution in [3.63, 3.8) is 0 Å². The fourth-order valence-corrected chi connectivity index (χ4v) is 4.02. The Hall–Kier alpha value is -3.35. The number of rotatable bonds is 4. The lowest BCUT2D eigenvalue weighted by molar-refractivity contribution is -0.113. The van der Waals surface area contributed by atoms with E-state index in [1.165, 1.54) is 11.8 Å². The van der Waals surface area contributed by atoms with Gasteiger partial charge in [0.2, 0.25) is 0 Å². The molecular formula is C21H16N4OS. The topological polar surface area (TPSA) is 104 Å². The number of carbonyl (C=O) groups excluding carboxylic acids is 1. The van der Waals surface area contributed by atoms with Crippen LogP contribution < -0.4 is 5.73 Å². The van der Waals surface area contributed by atoms with Crippen molar-refractivity contribution in [2.45, 2.75) is 19.8 Å². The van der Waals surface area contributed by atoms with Crippen molar-refractivity contribution in [3.8, 4) is 23.4 Å². The average Bonchev–Trinajstić information content (AvgIpc) is 2.72. The van der Waals surface area contributed by atoms with E-state index >= 15 is 0 Å². The van der Waals surface area contributed by atoms with E-state index in [2.05, 4.69) is 17.1 Å². The quantitative estimate of drug-likeness (QED) is 0.868. The Morgan fingerprint density at radius 1 is 1.19 bits per heavy atom. The van der Waals surface area contributed by atoms with Gasteiger partial charge in [0.1, 0.15) is 6.07 Å². The van der Waals surface area contributed by atoms with E-state index in [1.807, 2.05) is 31.2 Å². The highest BCUT2D eigenvalue weighted by molar-refractivity contribution is 8.07. The molecule has 0 radical (unpaired) electrons. The second kappa shape index (κ2) is 7.90. The third-order valence-electron chi connectivity index (χ3n) is 4.30. The van der Waals surface area contributed by atoms with E-state index in [0.717, 1.165) is 21.6 Å². The van der Waals surface area contributed by atoms with Crippen molar-refractivity contribution in [1.82, 2.24) is 4.98 Å². The fraction of sp³-hybridized carbons (Fsp3) is 0.143. The van der Waals surface area contributed by atoms with Crippen LogP contribution in [0.25, 0.3) is 16.8 Å². The summed E-state index contributed by atoms with van der Waals surface area (Å²) in [5.41, 5.74) is 9.77. The highest BCUT2D eigenvalue weighted by Gasteiger charge is 2.24. The Morgan fingerprint density at radius 3 is 2.48 bits per heavy atom. The number of pyridine rings is 1. The van der Waals surface area contributed by atoms with E-state index in [0.29, 0.717) is 34.6 Å². The molecule has 27 heavy (non-hydrogen) atoms. The number of benzene rings is 1. The molecule has 1 aromatic heterocycles. The molecule has 0 aliphatic carbocycles. The molecule has 0 unspecified atom stereocenters. The molecule has 132 valence electrons. The first kappa shape index (κ1) is 18.4. The van der Waals surface area contributed by atoms with Crippen LogP contribution in [0.2, 0.25) is 0 Å². The minimum Gasteiger partial charge on any atom is -0.365 e. The second-order valence-corrected chi connectivity index (χ2v) is 7.01. The molecule has 2 N–H and O–H groups in total. The van der Waals surface area contributed by atoms with E-state index < -0.39 is 5.91 Å². The lowest BCUT2D eigenvalue weighted by atomic mass is 9.95. The van der Waals surface area contributed by atoms with E-state index in [-0.39, 0.29) is 0 Å². The number of nitriles is 2. The number of nitrogens with zero attached hydrogens (tertiary/aromatic N) is 3. The third kappa shape index (κ3) is 3.62. The molecule has 2 aromatic rings. The smallest absolute Gasteiger partial charge is 0.255 e. The summed E-state index contributed by atoms with van der Waals surface area (Å²) >= 11 is 1.29. The molecule has 0 saturated carbocycles. The summed E-state index contributed by atoms with van der Waals surface area (Å²) < 4.78 is 0. The zero-order chi connectivity index (χ0) is 19.4. The average molecular weight is 372 g/mol. The van der Waals surface area contributed by atoms with Crippen LogP contribution in [-0.2, 0) is 4.79 Å². The molecule has 1 aromatic carbocycles. The molecule has 0 spiro atoms. The number of carbonyl (C=O) groups is 1. The van der Waals surface area contributed by atoms with Crippen LogP contribution in [0, 0.1) is 22.7 Å². The summed E-state index contributed by atoms with van der Waals surface area (Å²) in [5.74, 6) is -0.487. The van der Waals surface area contributed by atoms with E-state index in [9.17, 15) is 15.3 Å². The minimum atomic E-state index is -0.487. The summed E-state index contributed by atoms with van der Waals surface area (Å²) in [6.07, 6.45) is 2.72. The number of primary amides is 1. The van der Waals surface area contributed by atoms with Crippen LogP contribution in [0.4, 0.5) is 0 Å². The van der Waals surface area contributed by atoms with Crippen LogP contribution in [0.15, 0.2) is 58.0 Å². The van der Waals surface area contributed by atoms with Crippen molar-refractivity contribution in [2.24, 2.45) is 5.73 Å². The zero-order valence-corrected chi connectivity index (χ0v) is 15.5. The molecule has 5 nitrogen and oxygen atoms in total. The van der Waals surface area contributed by atoms with Crippen LogP contribution >= 0.6 is 11.8 Å². The number of aromatic nitrogens is 1. The summed E-state index contributed by atoms with van der Waals surface area (Å²) in [6.45, 7) is 1.96. The maximum Gasteiger partial charge on any atom is 0.255 e. The van der Waals surface area contributed by atoms with Gasteiger partial charge in [0.15, 0.2) is 0 Å². The molecule has 0 atom stereocenters. The fourth-order valence-electron chi connectivity index (χ4n) is 2.98. The monoisotopic (exact) mass is 372 g/mol. The van der Waals surface area contributed by atoms with Gasteiger partial charge in [0.25, 0.3) is 5.91 Å². The molecule has 0 bridgehead atoms. The maximum atomic E-state index is 12.0. The minimum absolute atomic E-state index is 0.386. The first-order valence-corrected chi connectivity index (χ1v) is 9.19. The molecule has 3 rings (SSSR count). The van der Waals surface area contributed by atoms with E-state index in [4.69, 9.17) is 5.73 Å². The Bertz CT molecular complexity index is 1050. The Labute approximate surface area is 161 Å². The highest BCUT2D eigenvalue weighted by atomic mass is 32.2. The molecule has 1 aliphatic heterocycles. The van der Waals surface area contributed by atoms with Crippen molar-refractivity contribution in [1.29, 1.82) is 10.5 Å². The molecular weight excluding hydrogens is 356 g/mol. The highest BCUT2D eigenvalue weighted by Crippen LogP contribution is 2.43. The van der Waals surface area contributed by atoms with Gasteiger partial charge >= 0.3 is 0 Å². The lowest BCUT2D eigenvalue weighted by Crippen LogP contribution is -2.16.